The molecule has 0 radical (unpaired) electrons. The molecule has 0 heterocycles. The van der Waals surface area contributed by atoms with E-state index < -0.39 is 0 Å². The molecule has 0 spiro atoms. The normalized spacial score (nSPS) is 20.6. The summed E-state index contributed by atoms with van der Waals surface area (Å²) in [6, 6.07) is 7.21. The van der Waals surface area contributed by atoms with Crippen molar-refractivity contribution < 1.29 is 4.74 Å². The Morgan fingerprint density at radius 2 is 1.85 bits per heavy atom. The van der Waals surface area contributed by atoms with Gasteiger partial charge in [0.1, 0.15) is 12.4 Å². The highest BCUT2D eigenvalue weighted by atomic mass is 16.5. The van der Waals surface area contributed by atoms with E-state index in [-0.39, 0.29) is 0 Å². The van der Waals surface area contributed by atoms with Crippen LogP contribution in [-0.4, -0.2) is 19.7 Å². The number of aryl methyl sites for hydroxylation is 2. The average molecular weight is 273 g/mol. The highest BCUT2D eigenvalue weighted by molar-refractivity contribution is 5.37. The fraction of sp³-hybridized carbons (Fsp3) is 0.667. The van der Waals surface area contributed by atoms with Crippen LogP contribution in [0.5, 0.6) is 5.75 Å². The van der Waals surface area contributed by atoms with Gasteiger partial charge in [0.05, 0.1) is 0 Å². The molecule has 2 aliphatic rings. The topological polar surface area (TPSA) is 21.3 Å². The summed E-state index contributed by atoms with van der Waals surface area (Å²) in [4.78, 5) is 0. The van der Waals surface area contributed by atoms with Gasteiger partial charge in [-0.15, -0.1) is 0 Å². The summed E-state index contributed by atoms with van der Waals surface area (Å²) in [6.07, 6.45) is 10.7. The molecular formula is C18H27NO. The second-order valence-corrected chi connectivity index (χ2v) is 6.39. The lowest BCUT2D eigenvalue weighted by Gasteiger charge is -2.23. The van der Waals surface area contributed by atoms with Gasteiger partial charge in [0.2, 0.25) is 0 Å². The fourth-order valence-corrected chi connectivity index (χ4v) is 3.80. The van der Waals surface area contributed by atoms with Crippen molar-refractivity contribution in [2.45, 2.75) is 57.4 Å². The van der Waals surface area contributed by atoms with Gasteiger partial charge >= 0.3 is 0 Å². The summed E-state index contributed by atoms with van der Waals surface area (Å²) in [6.45, 7) is 0.806. The predicted molar refractivity (Wildman–Crippen MR) is 83.4 cm³/mol. The van der Waals surface area contributed by atoms with Crippen LogP contribution in [0.4, 0.5) is 0 Å². The van der Waals surface area contributed by atoms with Crippen molar-refractivity contribution >= 4 is 0 Å². The van der Waals surface area contributed by atoms with E-state index in [4.69, 9.17) is 4.74 Å². The maximum absolute atomic E-state index is 6.08. The van der Waals surface area contributed by atoms with Gasteiger partial charge in [0.15, 0.2) is 0 Å². The smallest absolute Gasteiger partial charge is 0.119 e. The van der Waals surface area contributed by atoms with E-state index >= 15 is 0 Å². The zero-order chi connectivity index (χ0) is 13.8. The van der Waals surface area contributed by atoms with Gasteiger partial charge in [0, 0.05) is 6.04 Å². The highest BCUT2D eigenvalue weighted by Crippen LogP contribution is 2.29. The quantitative estimate of drug-likeness (QED) is 0.883. The van der Waals surface area contributed by atoms with E-state index in [1.807, 2.05) is 0 Å². The number of nitrogens with one attached hydrogen (secondary N) is 1. The molecule has 2 heteroatoms. The monoisotopic (exact) mass is 273 g/mol. The minimum Gasteiger partial charge on any atom is -0.492 e. The summed E-state index contributed by atoms with van der Waals surface area (Å²) in [7, 11) is 2.07. The zero-order valence-electron chi connectivity index (χ0n) is 12.7. The van der Waals surface area contributed by atoms with Crippen molar-refractivity contribution in [3.63, 3.8) is 0 Å². The molecule has 0 bridgehead atoms. The summed E-state index contributed by atoms with van der Waals surface area (Å²) < 4.78 is 6.08. The Morgan fingerprint density at radius 3 is 2.60 bits per heavy atom. The molecule has 1 saturated carbocycles. The molecule has 1 aromatic rings. The molecule has 1 atom stereocenters. The van der Waals surface area contributed by atoms with Crippen molar-refractivity contribution in [3.8, 4) is 5.75 Å². The summed E-state index contributed by atoms with van der Waals surface area (Å²) >= 11 is 0. The average Bonchev–Trinajstić information content (AvgIpc) is 3.02. The molecule has 3 rings (SSSR count). The van der Waals surface area contributed by atoms with Crippen LogP contribution >= 0.6 is 0 Å². The Morgan fingerprint density at radius 1 is 1.10 bits per heavy atom. The van der Waals surface area contributed by atoms with Crippen molar-refractivity contribution in [3.05, 3.63) is 29.3 Å². The number of fused-ring (bicyclic) bond motifs is 1. The van der Waals surface area contributed by atoms with Crippen LogP contribution < -0.4 is 10.1 Å². The first-order valence-electron chi connectivity index (χ1n) is 8.28. The van der Waals surface area contributed by atoms with Gasteiger partial charge < -0.3 is 10.1 Å². The summed E-state index contributed by atoms with van der Waals surface area (Å²) in [5.41, 5.74) is 3.04. The van der Waals surface area contributed by atoms with Gasteiger partial charge in [-0.1, -0.05) is 18.9 Å². The SMILES string of the molecule is CNC(COc1ccc2c(c1)CCCC2)C1CCCC1. The van der Waals surface area contributed by atoms with Crippen LogP contribution in [0.1, 0.15) is 49.7 Å². The van der Waals surface area contributed by atoms with Crippen molar-refractivity contribution in [2.75, 3.05) is 13.7 Å². The molecule has 110 valence electrons. The third-order valence-corrected chi connectivity index (χ3v) is 5.09. The maximum Gasteiger partial charge on any atom is 0.119 e. The molecule has 1 unspecified atom stereocenters. The maximum atomic E-state index is 6.08. The first-order valence-corrected chi connectivity index (χ1v) is 8.28. The Kier molecular flexibility index (Phi) is 4.62. The van der Waals surface area contributed by atoms with Crippen LogP contribution in [-0.2, 0) is 12.8 Å². The highest BCUT2D eigenvalue weighted by Gasteiger charge is 2.24. The first-order chi connectivity index (χ1) is 9.86. The van der Waals surface area contributed by atoms with Crippen LogP contribution in [0.25, 0.3) is 0 Å². The number of rotatable bonds is 5. The molecule has 2 nitrogen and oxygen atoms in total. The van der Waals surface area contributed by atoms with E-state index in [0.717, 1.165) is 18.3 Å². The standard InChI is InChI=1S/C18H27NO/c1-19-18(15-7-3-4-8-15)13-20-17-11-10-14-6-2-5-9-16(14)12-17/h10-12,15,18-19H,2-9,13H2,1H3. The van der Waals surface area contributed by atoms with Gasteiger partial charge in [-0.2, -0.15) is 0 Å². The molecule has 0 amide bonds. The molecule has 0 saturated heterocycles. The summed E-state index contributed by atoms with van der Waals surface area (Å²) in [5.74, 6) is 1.86. The van der Waals surface area contributed by atoms with Crippen LogP contribution in [0.15, 0.2) is 18.2 Å². The van der Waals surface area contributed by atoms with Gasteiger partial charge in [-0.25, -0.2) is 0 Å². The van der Waals surface area contributed by atoms with E-state index in [9.17, 15) is 0 Å². The molecule has 1 fully saturated rings. The molecule has 1 N–H and O–H groups in total. The zero-order valence-corrected chi connectivity index (χ0v) is 12.7. The van der Waals surface area contributed by atoms with E-state index in [2.05, 4.69) is 30.6 Å². The van der Waals surface area contributed by atoms with E-state index in [0.29, 0.717) is 6.04 Å². The molecular weight excluding hydrogens is 246 g/mol. The van der Waals surface area contributed by atoms with Crippen molar-refractivity contribution in [2.24, 2.45) is 5.92 Å². The third-order valence-electron chi connectivity index (χ3n) is 5.09. The summed E-state index contributed by atoms with van der Waals surface area (Å²) in [5, 5.41) is 3.45. The number of ether oxygens (including phenoxy) is 1. The molecule has 0 aromatic heterocycles. The Bertz CT molecular complexity index is 437. The van der Waals surface area contributed by atoms with E-state index in [1.165, 1.54) is 62.5 Å². The largest absolute Gasteiger partial charge is 0.492 e. The Labute approximate surface area is 122 Å². The molecule has 0 aliphatic heterocycles. The molecule has 1 aromatic carbocycles. The lowest BCUT2D eigenvalue weighted by Crippen LogP contribution is -2.37. The van der Waals surface area contributed by atoms with Gasteiger partial charge in [0.25, 0.3) is 0 Å². The fourth-order valence-electron chi connectivity index (χ4n) is 3.80. The lowest BCUT2D eigenvalue weighted by molar-refractivity contribution is 0.224. The lowest BCUT2D eigenvalue weighted by atomic mass is 9.92. The van der Waals surface area contributed by atoms with Crippen LogP contribution in [0.3, 0.4) is 0 Å². The number of hydrogen-bond acceptors (Lipinski definition) is 2. The Balaban J connectivity index is 1.59. The number of likely N-dealkylation sites (N-methyl/N-ethyl adjacent to an activating group) is 1. The van der Waals surface area contributed by atoms with Crippen LogP contribution in [0, 0.1) is 5.92 Å². The second kappa shape index (κ2) is 6.62. The van der Waals surface area contributed by atoms with Crippen molar-refractivity contribution in [1.82, 2.24) is 5.32 Å². The van der Waals surface area contributed by atoms with Gasteiger partial charge in [-0.3, -0.25) is 0 Å². The minimum atomic E-state index is 0.508. The third kappa shape index (κ3) is 3.17. The molecule has 2 aliphatic carbocycles. The predicted octanol–water partition coefficient (Wildman–Crippen LogP) is 3.72. The number of benzene rings is 1. The van der Waals surface area contributed by atoms with Crippen LogP contribution in [0.2, 0.25) is 0 Å². The van der Waals surface area contributed by atoms with E-state index in [1.54, 1.807) is 0 Å². The second-order valence-electron chi connectivity index (χ2n) is 6.39. The van der Waals surface area contributed by atoms with Gasteiger partial charge in [-0.05, 0) is 74.8 Å². The van der Waals surface area contributed by atoms with Crippen molar-refractivity contribution in [1.29, 1.82) is 0 Å². The Hall–Kier alpha value is -1.02. The first kappa shape index (κ1) is 13.9. The molecule has 20 heavy (non-hydrogen) atoms. The number of hydrogen-bond donors (Lipinski definition) is 1. The minimum absolute atomic E-state index is 0.508.